The Morgan fingerprint density at radius 2 is 2.25 bits per heavy atom. The average molecular weight is 298 g/mol. The van der Waals surface area contributed by atoms with Gasteiger partial charge in [-0.15, -0.1) is 0 Å². The second kappa shape index (κ2) is 6.41. The van der Waals surface area contributed by atoms with Crippen LogP contribution >= 0.6 is 11.6 Å². The number of hydrogen-bond donors (Lipinski definition) is 2. The fourth-order valence-corrected chi connectivity index (χ4v) is 2.29. The topological polar surface area (TPSA) is 63.2 Å². The van der Waals surface area contributed by atoms with E-state index in [1.54, 1.807) is 26.3 Å². The monoisotopic (exact) mass is 297 g/mol. The van der Waals surface area contributed by atoms with Crippen LogP contribution in [0.2, 0.25) is 5.02 Å². The molecular formula is C14H20ClN3O2. The number of aromatic nitrogens is 1. The van der Waals surface area contributed by atoms with Gasteiger partial charge in [0.05, 0.1) is 5.02 Å². The van der Waals surface area contributed by atoms with E-state index in [4.69, 9.17) is 16.3 Å². The number of ether oxygens (including phenoxy) is 1. The van der Waals surface area contributed by atoms with Crippen molar-refractivity contribution in [1.29, 1.82) is 0 Å². The summed E-state index contributed by atoms with van der Waals surface area (Å²) in [6.07, 6.45) is 3.24. The molecule has 5 nitrogen and oxygen atoms in total. The number of amides is 1. The van der Waals surface area contributed by atoms with Crippen molar-refractivity contribution < 1.29 is 9.53 Å². The van der Waals surface area contributed by atoms with Crippen molar-refractivity contribution in [2.24, 2.45) is 5.41 Å². The van der Waals surface area contributed by atoms with Crippen LogP contribution in [0.15, 0.2) is 12.1 Å². The van der Waals surface area contributed by atoms with Crippen LogP contribution in [0.4, 0.5) is 5.82 Å². The Morgan fingerprint density at radius 1 is 1.50 bits per heavy atom. The SMILES string of the molecule is CNc1ccc(Cl)c(C(=O)NCC2(CCOC)CC2)n1. The summed E-state index contributed by atoms with van der Waals surface area (Å²) in [5, 5.41) is 6.19. The molecule has 1 aromatic rings. The Morgan fingerprint density at radius 3 is 2.85 bits per heavy atom. The van der Waals surface area contributed by atoms with Crippen LogP contribution in [0.25, 0.3) is 0 Å². The Labute approximate surface area is 124 Å². The summed E-state index contributed by atoms with van der Waals surface area (Å²) in [6, 6.07) is 3.41. The minimum atomic E-state index is -0.226. The first-order valence-electron chi connectivity index (χ1n) is 6.72. The number of hydrogen-bond acceptors (Lipinski definition) is 4. The molecule has 1 aromatic heterocycles. The smallest absolute Gasteiger partial charge is 0.271 e. The Kier molecular flexibility index (Phi) is 4.83. The molecule has 110 valence electrons. The van der Waals surface area contributed by atoms with Gasteiger partial charge in [0.25, 0.3) is 5.91 Å². The lowest BCUT2D eigenvalue weighted by Gasteiger charge is -2.15. The lowest BCUT2D eigenvalue weighted by molar-refractivity contribution is 0.0933. The van der Waals surface area contributed by atoms with E-state index in [1.165, 1.54) is 0 Å². The first-order chi connectivity index (χ1) is 9.60. The first kappa shape index (κ1) is 15.1. The summed E-state index contributed by atoms with van der Waals surface area (Å²) < 4.78 is 5.10. The van der Waals surface area contributed by atoms with Crippen LogP contribution < -0.4 is 10.6 Å². The predicted molar refractivity (Wildman–Crippen MR) is 79.3 cm³/mol. The molecule has 2 N–H and O–H groups in total. The van der Waals surface area contributed by atoms with Crippen LogP contribution in [-0.2, 0) is 4.74 Å². The van der Waals surface area contributed by atoms with Gasteiger partial charge in [-0.05, 0) is 36.8 Å². The van der Waals surface area contributed by atoms with E-state index in [0.29, 0.717) is 17.4 Å². The Hall–Kier alpha value is -1.33. The zero-order chi connectivity index (χ0) is 14.6. The maximum absolute atomic E-state index is 12.2. The summed E-state index contributed by atoms with van der Waals surface area (Å²) in [6.45, 7) is 1.38. The molecule has 0 saturated heterocycles. The molecule has 1 amide bonds. The van der Waals surface area contributed by atoms with E-state index in [9.17, 15) is 4.79 Å². The summed E-state index contributed by atoms with van der Waals surface area (Å²) in [5.74, 6) is 0.399. The highest BCUT2D eigenvalue weighted by Gasteiger charge is 2.42. The van der Waals surface area contributed by atoms with Gasteiger partial charge < -0.3 is 15.4 Å². The molecule has 1 saturated carbocycles. The number of pyridine rings is 1. The third-order valence-electron chi connectivity index (χ3n) is 3.73. The summed E-state index contributed by atoms with van der Waals surface area (Å²) >= 11 is 6.03. The van der Waals surface area contributed by atoms with E-state index < -0.39 is 0 Å². The minimum absolute atomic E-state index is 0.207. The quantitative estimate of drug-likeness (QED) is 0.811. The van der Waals surface area contributed by atoms with Crippen LogP contribution in [0, 0.1) is 5.41 Å². The van der Waals surface area contributed by atoms with E-state index in [0.717, 1.165) is 25.9 Å². The highest BCUT2D eigenvalue weighted by molar-refractivity contribution is 6.33. The fourth-order valence-electron chi connectivity index (χ4n) is 2.10. The molecule has 6 heteroatoms. The van der Waals surface area contributed by atoms with Crippen molar-refractivity contribution in [2.45, 2.75) is 19.3 Å². The number of nitrogens with one attached hydrogen (secondary N) is 2. The molecule has 0 spiro atoms. The number of methoxy groups -OCH3 is 1. The number of nitrogens with zero attached hydrogens (tertiary/aromatic N) is 1. The van der Waals surface area contributed by atoms with Crippen LogP contribution in [0.3, 0.4) is 0 Å². The molecule has 0 aromatic carbocycles. The van der Waals surface area contributed by atoms with Gasteiger partial charge in [-0.25, -0.2) is 4.98 Å². The molecular weight excluding hydrogens is 278 g/mol. The van der Waals surface area contributed by atoms with Gasteiger partial charge in [0, 0.05) is 27.3 Å². The molecule has 1 aliphatic rings. The molecule has 1 fully saturated rings. The van der Waals surface area contributed by atoms with Crippen molar-refractivity contribution in [3.05, 3.63) is 22.8 Å². The first-order valence-corrected chi connectivity index (χ1v) is 7.09. The van der Waals surface area contributed by atoms with Crippen molar-refractivity contribution in [2.75, 3.05) is 32.6 Å². The molecule has 0 radical (unpaired) electrons. The van der Waals surface area contributed by atoms with Gasteiger partial charge >= 0.3 is 0 Å². The minimum Gasteiger partial charge on any atom is -0.385 e. The zero-order valence-electron chi connectivity index (χ0n) is 11.8. The van der Waals surface area contributed by atoms with Gasteiger partial charge in [-0.1, -0.05) is 11.6 Å². The van der Waals surface area contributed by atoms with Crippen molar-refractivity contribution in [3.63, 3.8) is 0 Å². The van der Waals surface area contributed by atoms with E-state index in [1.807, 2.05) is 0 Å². The van der Waals surface area contributed by atoms with Crippen molar-refractivity contribution in [3.8, 4) is 0 Å². The van der Waals surface area contributed by atoms with E-state index >= 15 is 0 Å². The fraction of sp³-hybridized carbons (Fsp3) is 0.571. The average Bonchev–Trinajstić information content (AvgIpc) is 3.24. The Bertz CT molecular complexity index is 489. The van der Waals surface area contributed by atoms with Crippen LogP contribution in [-0.4, -0.2) is 38.2 Å². The molecule has 0 atom stereocenters. The third kappa shape index (κ3) is 3.61. The van der Waals surface area contributed by atoms with E-state index in [-0.39, 0.29) is 17.0 Å². The van der Waals surface area contributed by atoms with Crippen molar-refractivity contribution in [1.82, 2.24) is 10.3 Å². The maximum Gasteiger partial charge on any atom is 0.271 e. The molecule has 0 aliphatic heterocycles. The lowest BCUT2D eigenvalue weighted by Crippen LogP contribution is -2.31. The maximum atomic E-state index is 12.2. The van der Waals surface area contributed by atoms with Crippen LogP contribution in [0.5, 0.6) is 0 Å². The predicted octanol–water partition coefficient (Wildman–Crippen LogP) is 2.32. The van der Waals surface area contributed by atoms with Crippen molar-refractivity contribution >= 4 is 23.3 Å². The summed E-state index contributed by atoms with van der Waals surface area (Å²) in [4.78, 5) is 16.4. The normalized spacial score (nSPS) is 15.8. The molecule has 0 bridgehead atoms. The summed E-state index contributed by atoms with van der Waals surface area (Å²) in [5.41, 5.74) is 0.472. The number of carbonyl (C=O) groups is 1. The number of anilines is 1. The van der Waals surface area contributed by atoms with Gasteiger partial charge in [-0.3, -0.25) is 4.79 Å². The molecule has 2 rings (SSSR count). The largest absolute Gasteiger partial charge is 0.385 e. The molecule has 20 heavy (non-hydrogen) atoms. The zero-order valence-corrected chi connectivity index (χ0v) is 12.6. The highest BCUT2D eigenvalue weighted by atomic mass is 35.5. The van der Waals surface area contributed by atoms with Crippen LogP contribution in [0.1, 0.15) is 29.8 Å². The second-order valence-electron chi connectivity index (χ2n) is 5.20. The van der Waals surface area contributed by atoms with E-state index in [2.05, 4.69) is 15.6 Å². The van der Waals surface area contributed by atoms with Gasteiger partial charge in [-0.2, -0.15) is 0 Å². The van der Waals surface area contributed by atoms with Gasteiger partial charge in [0.1, 0.15) is 11.5 Å². The standard InChI is InChI=1S/C14H20ClN3O2/c1-16-11-4-3-10(15)12(18-11)13(19)17-9-14(5-6-14)7-8-20-2/h3-4H,5-9H2,1-2H3,(H,16,18)(H,17,19). The molecule has 1 aliphatic carbocycles. The molecule has 1 heterocycles. The third-order valence-corrected chi connectivity index (χ3v) is 4.04. The number of halogens is 1. The second-order valence-corrected chi connectivity index (χ2v) is 5.61. The lowest BCUT2D eigenvalue weighted by atomic mass is 10.0. The van der Waals surface area contributed by atoms with Gasteiger partial charge in [0.15, 0.2) is 0 Å². The Balaban J connectivity index is 1.95. The summed E-state index contributed by atoms with van der Waals surface area (Å²) in [7, 11) is 3.45. The van der Waals surface area contributed by atoms with Gasteiger partial charge in [0.2, 0.25) is 0 Å². The number of rotatable bonds is 7. The molecule has 0 unspecified atom stereocenters. The number of carbonyl (C=O) groups excluding carboxylic acids is 1. The highest BCUT2D eigenvalue weighted by Crippen LogP contribution is 2.48.